The van der Waals surface area contributed by atoms with Crippen LogP contribution in [-0.2, 0) is 6.42 Å². The van der Waals surface area contributed by atoms with Crippen LogP contribution in [0.15, 0.2) is 18.2 Å². The number of nitrogens with one attached hydrogen (secondary N) is 2. The lowest BCUT2D eigenvalue weighted by Crippen LogP contribution is -2.24. The number of unbranched alkanes of at least 4 members (excludes halogenated alkanes) is 3. The number of rotatable bonds is 7. The number of carbonyl (C=O) groups is 1. The summed E-state index contributed by atoms with van der Waals surface area (Å²) < 4.78 is 0. The molecule has 2 rings (SSSR count). The van der Waals surface area contributed by atoms with Crippen LogP contribution in [0.4, 0.5) is 5.69 Å². The summed E-state index contributed by atoms with van der Waals surface area (Å²) in [6, 6.07) is 5.84. The number of hydrogen-bond acceptors (Lipinski definition) is 3. The second-order valence-corrected chi connectivity index (χ2v) is 4.94. The zero-order chi connectivity index (χ0) is 13.5. The molecule has 4 heteroatoms. The van der Waals surface area contributed by atoms with Gasteiger partial charge in [-0.3, -0.25) is 4.79 Å². The van der Waals surface area contributed by atoms with Gasteiger partial charge in [0.15, 0.2) is 0 Å². The molecule has 4 nitrogen and oxygen atoms in total. The Morgan fingerprint density at radius 1 is 1.26 bits per heavy atom. The first-order chi connectivity index (χ1) is 9.31. The molecule has 0 atom stereocenters. The fourth-order valence-corrected chi connectivity index (χ4v) is 2.34. The first kappa shape index (κ1) is 13.9. The van der Waals surface area contributed by atoms with Crippen LogP contribution >= 0.6 is 0 Å². The second-order valence-electron chi connectivity index (χ2n) is 4.94. The third kappa shape index (κ3) is 3.96. The minimum absolute atomic E-state index is 0.0110. The molecular weight excluding hydrogens is 240 g/mol. The Hall–Kier alpha value is -1.55. The van der Waals surface area contributed by atoms with Gasteiger partial charge in [-0.2, -0.15) is 0 Å². The van der Waals surface area contributed by atoms with Gasteiger partial charge in [0.05, 0.1) is 0 Å². The van der Waals surface area contributed by atoms with Crippen LogP contribution in [0.25, 0.3) is 0 Å². The van der Waals surface area contributed by atoms with Crippen LogP contribution < -0.4 is 10.6 Å². The van der Waals surface area contributed by atoms with E-state index >= 15 is 0 Å². The van der Waals surface area contributed by atoms with E-state index in [4.69, 9.17) is 5.11 Å². The van der Waals surface area contributed by atoms with E-state index in [1.54, 1.807) is 0 Å². The van der Waals surface area contributed by atoms with Crippen LogP contribution in [0.3, 0.4) is 0 Å². The van der Waals surface area contributed by atoms with Crippen molar-refractivity contribution in [2.45, 2.75) is 32.1 Å². The molecule has 104 valence electrons. The molecule has 0 radical (unpaired) electrons. The number of anilines is 1. The van der Waals surface area contributed by atoms with Gasteiger partial charge in [0.25, 0.3) is 5.91 Å². The molecule has 1 aliphatic rings. The maximum Gasteiger partial charge on any atom is 0.251 e. The second kappa shape index (κ2) is 7.14. The molecular formula is C15H22N2O2. The van der Waals surface area contributed by atoms with Crippen LogP contribution in [0.2, 0.25) is 0 Å². The van der Waals surface area contributed by atoms with Crippen LogP contribution in [0.1, 0.15) is 41.6 Å². The van der Waals surface area contributed by atoms with Crippen LogP contribution in [0, 0.1) is 0 Å². The lowest BCUT2D eigenvalue weighted by Gasteiger charge is -2.07. The number of aliphatic hydroxyl groups is 1. The van der Waals surface area contributed by atoms with Crippen molar-refractivity contribution in [3.05, 3.63) is 29.3 Å². The SMILES string of the molecule is O=C(NCCCCCCO)c1ccc2c(c1)CCN2. The Balaban J connectivity index is 1.74. The molecule has 1 aliphatic heterocycles. The number of hydrogen-bond donors (Lipinski definition) is 3. The minimum Gasteiger partial charge on any atom is -0.396 e. The molecule has 0 aliphatic carbocycles. The van der Waals surface area contributed by atoms with E-state index in [9.17, 15) is 4.79 Å². The summed E-state index contributed by atoms with van der Waals surface area (Å²) in [7, 11) is 0. The van der Waals surface area contributed by atoms with Crippen molar-refractivity contribution >= 4 is 11.6 Å². The van der Waals surface area contributed by atoms with Crippen molar-refractivity contribution in [2.75, 3.05) is 25.0 Å². The van der Waals surface area contributed by atoms with Crippen molar-refractivity contribution in [1.29, 1.82) is 0 Å². The number of amides is 1. The van der Waals surface area contributed by atoms with Gasteiger partial charge in [0.1, 0.15) is 0 Å². The Morgan fingerprint density at radius 3 is 2.95 bits per heavy atom. The highest BCUT2D eigenvalue weighted by Gasteiger charge is 2.12. The molecule has 3 N–H and O–H groups in total. The van der Waals surface area contributed by atoms with Crippen molar-refractivity contribution in [3.63, 3.8) is 0 Å². The molecule has 0 fully saturated rings. The fourth-order valence-electron chi connectivity index (χ4n) is 2.34. The summed E-state index contributed by atoms with van der Waals surface area (Å²) >= 11 is 0. The topological polar surface area (TPSA) is 61.4 Å². The highest BCUT2D eigenvalue weighted by Crippen LogP contribution is 2.22. The highest BCUT2D eigenvalue weighted by atomic mass is 16.2. The number of aliphatic hydroxyl groups excluding tert-OH is 1. The summed E-state index contributed by atoms with van der Waals surface area (Å²) in [5.74, 6) is 0.0110. The molecule has 1 heterocycles. The normalized spacial score (nSPS) is 12.9. The van der Waals surface area contributed by atoms with Crippen molar-refractivity contribution < 1.29 is 9.90 Å². The zero-order valence-electron chi connectivity index (χ0n) is 11.2. The standard InChI is InChI=1S/C15H22N2O2/c18-10-4-2-1-3-8-17-15(19)13-5-6-14-12(11-13)7-9-16-14/h5-6,11,16,18H,1-4,7-10H2,(H,17,19). The van der Waals surface area contributed by atoms with Crippen molar-refractivity contribution in [3.8, 4) is 0 Å². The van der Waals surface area contributed by atoms with E-state index in [0.29, 0.717) is 6.54 Å². The van der Waals surface area contributed by atoms with Gasteiger partial charge in [-0.1, -0.05) is 12.8 Å². The van der Waals surface area contributed by atoms with Crippen molar-refractivity contribution in [2.24, 2.45) is 0 Å². The van der Waals surface area contributed by atoms with Gasteiger partial charge >= 0.3 is 0 Å². The average Bonchev–Trinajstić information content (AvgIpc) is 2.89. The fraction of sp³-hybridized carbons (Fsp3) is 0.533. The van der Waals surface area contributed by atoms with Gasteiger partial charge < -0.3 is 15.7 Å². The van der Waals surface area contributed by atoms with E-state index in [1.165, 1.54) is 5.56 Å². The largest absolute Gasteiger partial charge is 0.396 e. The molecule has 1 aromatic rings. The molecule has 0 aromatic heterocycles. The van der Waals surface area contributed by atoms with Gasteiger partial charge in [0, 0.05) is 30.9 Å². The Labute approximate surface area is 114 Å². The Kier molecular flexibility index (Phi) is 5.21. The minimum atomic E-state index is 0.0110. The average molecular weight is 262 g/mol. The van der Waals surface area contributed by atoms with E-state index in [0.717, 1.165) is 49.9 Å². The molecule has 0 saturated heterocycles. The van der Waals surface area contributed by atoms with Gasteiger partial charge in [0.2, 0.25) is 0 Å². The number of fused-ring (bicyclic) bond motifs is 1. The summed E-state index contributed by atoms with van der Waals surface area (Å²) in [6.07, 6.45) is 4.90. The molecule has 0 unspecified atom stereocenters. The molecule has 19 heavy (non-hydrogen) atoms. The number of carbonyl (C=O) groups excluding carboxylic acids is 1. The van der Waals surface area contributed by atoms with E-state index in [2.05, 4.69) is 10.6 Å². The molecule has 0 saturated carbocycles. The summed E-state index contributed by atoms with van der Waals surface area (Å²) in [6.45, 7) is 1.93. The highest BCUT2D eigenvalue weighted by molar-refractivity contribution is 5.95. The van der Waals surface area contributed by atoms with E-state index in [-0.39, 0.29) is 12.5 Å². The quantitative estimate of drug-likeness (QED) is 0.658. The molecule has 1 amide bonds. The van der Waals surface area contributed by atoms with Crippen molar-refractivity contribution in [1.82, 2.24) is 5.32 Å². The summed E-state index contributed by atoms with van der Waals surface area (Å²) in [4.78, 5) is 12.0. The first-order valence-corrected chi connectivity index (χ1v) is 7.07. The zero-order valence-corrected chi connectivity index (χ0v) is 11.2. The number of benzene rings is 1. The van der Waals surface area contributed by atoms with Crippen LogP contribution in [0.5, 0.6) is 0 Å². The monoisotopic (exact) mass is 262 g/mol. The molecule has 0 bridgehead atoms. The summed E-state index contributed by atoms with van der Waals surface area (Å²) in [5, 5.41) is 14.9. The van der Waals surface area contributed by atoms with E-state index in [1.807, 2.05) is 18.2 Å². The van der Waals surface area contributed by atoms with Gasteiger partial charge in [-0.25, -0.2) is 0 Å². The Bertz CT molecular complexity index is 432. The smallest absolute Gasteiger partial charge is 0.251 e. The predicted octanol–water partition coefficient (Wildman–Crippen LogP) is 1.94. The molecule has 0 spiro atoms. The third-order valence-electron chi connectivity index (χ3n) is 3.45. The third-order valence-corrected chi connectivity index (χ3v) is 3.45. The lowest BCUT2D eigenvalue weighted by atomic mass is 10.1. The Morgan fingerprint density at radius 2 is 2.11 bits per heavy atom. The van der Waals surface area contributed by atoms with Crippen LogP contribution in [-0.4, -0.2) is 30.7 Å². The van der Waals surface area contributed by atoms with Gasteiger partial charge in [-0.15, -0.1) is 0 Å². The van der Waals surface area contributed by atoms with Gasteiger partial charge in [-0.05, 0) is 43.0 Å². The summed E-state index contributed by atoms with van der Waals surface area (Å²) in [5.41, 5.74) is 3.13. The first-order valence-electron chi connectivity index (χ1n) is 7.07. The molecule has 1 aromatic carbocycles. The maximum absolute atomic E-state index is 12.0. The maximum atomic E-state index is 12.0. The predicted molar refractivity (Wildman–Crippen MR) is 76.5 cm³/mol. The lowest BCUT2D eigenvalue weighted by molar-refractivity contribution is 0.0952. The van der Waals surface area contributed by atoms with E-state index < -0.39 is 0 Å².